The fraction of sp³-hybridized carbons (Fsp3) is 0.438. The van der Waals surface area contributed by atoms with Gasteiger partial charge in [0.2, 0.25) is 11.8 Å². The summed E-state index contributed by atoms with van der Waals surface area (Å²) in [6.45, 7) is -0.0514. The van der Waals surface area contributed by atoms with Crippen LogP contribution in [-0.4, -0.2) is 58.1 Å². The molecule has 1 aromatic carbocycles. The summed E-state index contributed by atoms with van der Waals surface area (Å²) >= 11 is 0. The third kappa shape index (κ3) is 4.45. The highest BCUT2D eigenvalue weighted by molar-refractivity contribution is 5.91. The topological polar surface area (TPSA) is 133 Å². The molecule has 8 heteroatoms. The lowest BCUT2D eigenvalue weighted by Crippen LogP contribution is -2.52. The Balaban J connectivity index is 1.97. The Morgan fingerprint density at radius 2 is 1.96 bits per heavy atom. The van der Waals surface area contributed by atoms with Crippen molar-refractivity contribution in [1.82, 2.24) is 10.2 Å². The molecular formula is C16H21N3O5. The maximum atomic E-state index is 12.5. The first-order valence-electron chi connectivity index (χ1n) is 7.72. The zero-order chi connectivity index (χ0) is 17.7. The standard InChI is InChI=1S/C16H21N3O5/c17-12(8-10-3-5-11(20)6-4-10)16(24)19-7-1-2-13(19)15(23)18-9-14(21)22/h3-6,12-13,20H,1-2,7-9,17H2,(H,18,23)(H,21,22)/t12-,13-/m0/s1. The number of benzene rings is 1. The van der Waals surface area contributed by atoms with Crippen LogP contribution in [-0.2, 0) is 20.8 Å². The van der Waals surface area contributed by atoms with Gasteiger partial charge in [-0.05, 0) is 37.0 Å². The van der Waals surface area contributed by atoms with Crippen LogP contribution in [0.15, 0.2) is 24.3 Å². The van der Waals surface area contributed by atoms with E-state index in [9.17, 15) is 19.5 Å². The van der Waals surface area contributed by atoms with E-state index in [1.807, 2.05) is 0 Å². The van der Waals surface area contributed by atoms with Gasteiger partial charge in [-0.15, -0.1) is 0 Å². The van der Waals surface area contributed by atoms with E-state index in [4.69, 9.17) is 10.8 Å². The van der Waals surface area contributed by atoms with Gasteiger partial charge in [0.05, 0.1) is 6.04 Å². The number of carbonyl (C=O) groups is 3. The summed E-state index contributed by atoms with van der Waals surface area (Å²) in [5, 5.41) is 20.2. The third-order valence-electron chi connectivity index (χ3n) is 3.96. The number of hydrogen-bond donors (Lipinski definition) is 4. The van der Waals surface area contributed by atoms with Gasteiger partial charge in [0.15, 0.2) is 0 Å². The molecule has 1 aliphatic heterocycles. The van der Waals surface area contributed by atoms with Crippen molar-refractivity contribution in [3.8, 4) is 5.75 Å². The van der Waals surface area contributed by atoms with E-state index in [1.54, 1.807) is 12.1 Å². The van der Waals surface area contributed by atoms with Crippen LogP contribution >= 0.6 is 0 Å². The summed E-state index contributed by atoms with van der Waals surface area (Å²) in [5.41, 5.74) is 6.78. The molecule has 1 fully saturated rings. The van der Waals surface area contributed by atoms with E-state index in [2.05, 4.69) is 5.32 Å². The highest BCUT2D eigenvalue weighted by Gasteiger charge is 2.36. The second-order valence-corrected chi connectivity index (χ2v) is 5.78. The molecule has 0 saturated carbocycles. The normalized spacial score (nSPS) is 18.2. The average Bonchev–Trinajstić information content (AvgIpc) is 3.03. The quantitative estimate of drug-likeness (QED) is 0.551. The molecule has 2 rings (SSSR count). The minimum atomic E-state index is -1.14. The molecule has 0 unspecified atom stereocenters. The lowest BCUT2D eigenvalue weighted by Gasteiger charge is -2.26. The Morgan fingerprint density at radius 1 is 1.29 bits per heavy atom. The van der Waals surface area contributed by atoms with Gasteiger partial charge < -0.3 is 26.2 Å². The molecule has 1 aromatic rings. The van der Waals surface area contributed by atoms with Crippen LogP contribution in [0.25, 0.3) is 0 Å². The van der Waals surface area contributed by atoms with Crippen LogP contribution in [0.5, 0.6) is 5.75 Å². The lowest BCUT2D eigenvalue weighted by molar-refractivity contribution is -0.141. The molecule has 24 heavy (non-hydrogen) atoms. The molecule has 0 spiro atoms. The predicted octanol–water partition coefficient (Wildman–Crippen LogP) is -0.546. The van der Waals surface area contributed by atoms with Crippen LogP contribution in [0.3, 0.4) is 0 Å². The highest BCUT2D eigenvalue weighted by atomic mass is 16.4. The van der Waals surface area contributed by atoms with Crippen LogP contribution in [0.2, 0.25) is 0 Å². The van der Waals surface area contributed by atoms with Crippen molar-refractivity contribution in [2.24, 2.45) is 5.73 Å². The monoisotopic (exact) mass is 335 g/mol. The van der Waals surface area contributed by atoms with Gasteiger partial charge >= 0.3 is 5.97 Å². The summed E-state index contributed by atoms with van der Waals surface area (Å²) in [5.74, 6) is -1.81. The fourth-order valence-electron chi connectivity index (χ4n) is 2.77. The Labute approximate surface area is 139 Å². The number of phenols is 1. The summed E-state index contributed by atoms with van der Waals surface area (Å²) in [7, 11) is 0. The number of hydrogen-bond acceptors (Lipinski definition) is 5. The van der Waals surface area contributed by atoms with Gasteiger partial charge in [-0.25, -0.2) is 0 Å². The molecule has 2 amide bonds. The van der Waals surface area contributed by atoms with E-state index in [1.165, 1.54) is 17.0 Å². The minimum Gasteiger partial charge on any atom is -0.508 e. The van der Waals surface area contributed by atoms with Crippen molar-refractivity contribution in [2.75, 3.05) is 13.1 Å². The zero-order valence-corrected chi connectivity index (χ0v) is 13.1. The van der Waals surface area contributed by atoms with Crippen LogP contribution in [0.1, 0.15) is 18.4 Å². The number of carbonyl (C=O) groups excluding carboxylic acids is 2. The van der Waals surface area contributed by atoms with Gasteiger partial charge in [0.25, 0.3) is 0 Å². The van der Waals surface area contributed by atoms with E-state index in [0.717, 1.165) is 5.56 Å². The molecule has 5 N–H and O–H groups in total. The molecule has 2 atom stereocenters. The zero-order valence-electron chi connectivity index (χ0n) is 13.1. The number of carboxylic acids is 1. The number of rotatable bonds is 6. The number of aromatic hydroxyl groups is 1. The third-order valence-corrected chi connectivity index (χ3v) is 3.96. The number of aliphatic carboxylic acids is 1. The van der Waals surface area contributed by atoms with E-state index in [-0.39, 0.29) is 11.7 Å². The number of phenolic OH excluding ortho intramolecular Hbond substituents is 1. The van der Waals surface area contributed by atoms with E-state index >= 15 is 0 Å². The number of nitrogens with zero attached hydrogens (tertiary/aromatic N) is 1. The highest BCUT2D eigenvalue weighted by Crippen LogP contribution is 2.19. The number of carboxylic acid groups (broad SMARTS) is 1. The Kier molecular flexibility index (Phi) is 5.75. The first-order chi connectivity index (χ1) is 11.4. The predicted molar refractivity (Wildman–Crippen MR) is 85.2 cm³/mol. The first-order valence-corrected chi connectivity index (χ1v) is 7.72. The van der Waals surface area contributed by atoms with Crippen LogP contribution in [0.4, 0.5) is 0 Å². The molecular weight excluding hydrogens is 314 g/mol. The van der Waals surface area contributed by atoms with Gasteiger partial charge in [-0.2, -0.15) is 0 Å². The number of likely N-dealkylation sites (tertiary alicyclic amines) is 1. The van der Waals surface area contributed by atoms with E-state index in [0.29, 0.717) is 25.8 Å². The molecule has 1 saturated heterocycles. The molecule has 0 aromatic heterocycles. The van der Waals surface area contributed by atoms with Crippen LogP contribution in [0, 0.1) is 0 Å². The lowest BCUT2D eigenvalue weighted by atomic mass is 10.0. The molecule has 0 bridgehead atoms. The van der Waals surface area contributed by atoms with Gasteiger partial charge in [0.1, 0.15) is 18.3 Å². The number of nitrogens with two attached hydrogens (primary N) is 1. The number of nitrogens with one attached hydrogen (secondary N) is 1. The molecule has 130 valence electrons. The summed E-state index contributed by atoms with van der Waals surface area (Å²) in [6, 6.07) is 4.92. The van der Waals surface area contributed by atoms with Crippen molar-refractivity contribution < 1.29 is 24.6 Å². The summed E-state index contributed by atoms with van der Waals surface area (Å²) < 4.78 is 0. The van der Waals surface area contributed by atoms with Gasteiger partial charge in [0, 0.05) is 6.54 Å². The Morgan fingerprint density at radius 3 is 2.58 bits per heavy atom. The maximum absolute atomic E-state index is 12.5. The molecule has 8 nitrogen and oxygen atoms in total. The molecule has 1 heterocycles. The van der Waals surface area contributed by atoms with Crippen molar-refractivity contribution in [2.45, 2.75) is 31.3 Å². The van der Waals surface area contributed by atoms with Gasteiger partial charge in [-0.1, -0.05) is 12.1 Å². The average molecular weight is 335 g/mol. The van der Waals surface area contributed by atoms with Crippen molar-refractivity contribution in [3.05, 3.63) is 29.8 Å². The van der Waals surface area contributed by atoms with Crippen molar-refractivity contribution in [3.63, 3.8) is 0 Å². The first kappa shape index (κ1) is 17.7. The summed E-state index contributed by atoms with van der Waals surface area (Å²) in [6.07, 6.45) is 1.45. The van der Waals surface area contributed by atoms with Gasteiger partial charge in [-0.3, -0.25) is 14.4 Å². The molecule has 1 aliphatic rings. The van der Waals surface area contributed by atoms with Crippen molar-refractivity contribution >= 4 is 17.8 Å². The molecule has 0 aliphatic carbocycles. The van der Waals surface area contributed by atoms with E-state index < -0.39 is 30.5 Å². The van der Waals surface area contributed by atoms with Crippen LogP contribution < -0.4 is 11.1 Å². The SMILES string of the molecule is N[C@@H](Cc1ccc(O)cc1)C(=O)N1CCC[C@H]1C(=O)NCC(=O)O. The Bertz CT molecular complexity index is 617. The minimum absolute atomic E-state index is 0.133. The number of amides is 2. The summed E-state index contributed by atoms with van der Waals surface area (Å²) in [4.78, 5) is 36.5. The Hall–Kier alpha value is -2.61. The second-order valence-electron chi connectivity index (χ2n) is 5.78. The maximum Gasteiger partial charge on any atom is 0.322 e. The largest absolute Gasteiger partial charge is 0.508 e. The smallest absolute Gasteiger partial charge is 0.322 e. The second kappa shape index (κ2) is 7.78. The fourth-order valence-corrected chi connectivity index (χ4v) is 2.77. The van der Waals surface area contributed by atoms with Crippen molar-refractivity contribution in [1.29, 1.82) is 0 Å². The molecule has 0 radical (unpaired) electrons.